The van der Waals surface area contributed by atoms with Gasteiger partial charge in [0.05, 0.1) is 0 Å². The number of fused-ring (bicyclic) bond motifs is 2. The van der Waals surface area contributed by atoms with Crippen molar-refractivity contribution in [2.75, 3.05) is 33.2 Å². The molecule has 0 unspecified atom stereocenters. The molecule has 5 heteroatoms. The number of nitrogens with zero attached hydrogens (tertiary/aromatic N) is 3. The third-order valence-corrected chi connectivity index (χ3v) is 6.26. The molecule has 2 aromatic rings. The normalized spacial score (nSPS) is 18.0. The summed E-state index contributed by atoms with van der Waals surface area (Å²) >= 11 is 1.90. The smallest absolute Gasteiger partial charge is 0.194 e. The average molecular weight is 355 g/mol. The first-order valence-electron chi connectivity index (χ1n) is 9.13. The molecule has 3 heterocycles. The first-order valence-corrected chi connectivity index (χ1v) is 10.0. The van der Waals surface area contributed by atoms with Crippen LogP contribution in [-0.2, 0) is 25.9 Å². The number of guanidine groups is 1. The molecule has 0 fully saturated rings. The number of aliphatic imine (C=N–C) groups is 1. The molecule has 0 spiro atoms. The summed E-state index contributed by atoms with van der Waals surface area (Å²) in [5, 5.41) is 5.80. The fourth-order valence-electron chi connectivity index (χ4n) is 3.83. The van der Waals surface area contributed by atoms with Crippen LogP contribution < -0.4 is 5.32 Å². The molecule has 2 aliphatic rings. The van der Waals surface area contributed by atoms with Gasteiger partial charge in [0.1, 0.15) is 0 Å². The molecule has 0 amide bonds. The standard InChI is InChI=1S/C20H26N4S/c1-21-20(24-11-6-16-4-2-3-5-17(16)15-24)22-9-12-23-10-7-19-18(14-23)8-13-25-19/h2-5,8,13H,6-7,9-12,14-15H2,1H3,(H,21,22). The Morgan fingerprint density at radius 2 is 1.96 bits per heavy atom. The summed E-state index contributed by atoms with van der Waals surface area (Å²) in [4.78, 5) is 11.0. The fourth-order valence-corrected chi connectivity index (χ4v) is 4.72. The van der Waals surface area contributed by atoms with Crippen LogP contribution in [0.1, 0.15) is 21.6 Å². The van der Waals surface area contributed by atoms with E-state index in [4.69, 9.17) is 0 Å². The minimum atomic E-state index is 0.949. The van der Waals surface area contributed by atoms with Gasteiger partial charge in [0.2, 0.25) is 0 Å². The Balaban J connectivity index is 1.29. The van der Waals surface area contributed by atoms with Crippen molar-refractivity contribution < 1.29 is 0 Å². The van der Waals surface area contributed by atoms with Crippen molar-refractivity contribution in [3.8, 4) is 0 Å². The maximum Gasteiger partial charge on any atom is 0.194 e. The highest BCUT2D eigenvalue weighted by molar-refractivity contribution is 7.10. The molecule has 25 heavy (non-hydrogen) atoms. The second kappa shape index (κ2) is 7.58. The van der Waals surface area contributed by atoms with Crippen LogP contribution in [0.15, 0.2) is 40.7 Å². The van der Waals surface area contributed by atoms with Gasteiger partial charge in [-0.15, -0.1) is 11.3 Å². The minimum Gasteiger partial charge on any atom is -0.355 e. The summed E-state index contributed by atoms with van der Waals surface area (Å²) in [7, 11) is 1.89. The van der Waals surface area contributed by atoms with Crippen LogP contribution in [0, 0.1) is 0 Å². The van der Waals surface area contributed by atoms with E-state index in [1.807, 2.05) is 18.4 Å². The summed E-state index contributed by atoms with van der Waals surface area (Å²) in [6.07, 6.45) is 2.30. The number of hydrogen-bond donors (Lipinski definition) is 1. The minimum absolute atomic E-state index is 0.949. The second-order valence-corrected chi connectivity index (χ2v) is 7.81. The van der Waals surface area contributed by atoms with E-state index in [0.29, 0.717) is 0 Å². The van der Waals surface area contributed by atoms with Gasteiger partial charge in [0.25, 0.3) is 0 Å². The highest BCUT2D eigenvalue weighted by Crippen LogP contribution is 2.23. The van der Waals surface area contributed by atoms with Crippen molar-refractivity contribution >= 4 is 17.3 Å². The lowest BCUT2D eigenvalue weighted by molar-refractivity contribution is 0.258. The molecule has 0 saturated carbocycles. The topological polar surface area (TPSA) is 30.9 Å². The van der Waals surface area contributed by atoms with Gasteiger partial charge in [-0.1, -0.05) is 24.3 Å². The van der Waals surface area contributed by atoms with Crippen LogP contribution in [-0.4, -0.2) is 49.0 Å². The predicted octanol–water partition coefficient (Wildman–Crippen LogP) is 2.74. The van der Waals surface area contributed by atoms with Gasteiger partial charge in [-0.3, -0.25) is 9.89 Å². The molecule has 1 aromatic carbocycles. The van der Waals surface area contributed by atoms with Gasteiger partial charge in [-0.05, 0) is 41.0 Å². The highest BCUT2D eigenvalue weighted by Gasteiger charge is 2.20. The van der Waals surface area contributed by atoms with Gasteiger partial charge in [-0.25, -0.2) is 0 Å². The van der Waals surface area contributed by atoms with E-state index >= 15 is 0 Å². The Morgan fingerprint density at radius 1 is 1.08 bits per heavy atom. The Kier molecular flexibility index (Phi) is 5.04. The predicted molar refractivity (Wildman–Crippen MR) is 105 cm³/mol. The molecular formula is C20H26N4S. The summed E-state index contributed by atoms with van der Waals surface area (Å²) in [6.45, 7) is 6.28. The Labute approximate surface area is 154 Å². The Hall–Kier alpha value is -1.85. The van der Waals surface area contributed by atoms with E-state index in [0.717, 1.165) is 45.1 Å². The van der Waals surface area contributed by atoms with Crippen molar-refractivity contribution in [3.05, 3.63) is 57.3 Å². The summed E-state index contributed by atoms with van der Waals surface area (Å²) in [5.74, 6) is 1.03. The number of nitrogens with one attached hydrogen (secondary N) is 1. The number of rotatable bonds is 3. The third-order valence-electron chi connectivity index (χ3n) is 5.24. The van der Waals surface area contributed by atoms with E-state index in [1.165, 1.54) is 29.7 Å². The lowest BCUT2D eigenvalue weighted by Crippen LogP contribution is -2.46. The van der Waals surface area contributed by atoms with Crippen LogP contribution in [0.5, 0.6) is 0 Å². The van der Waals surface area contributed by atoms with Crippen molar-refractivity contribution in [3.63, 3.8) is 0 Å². The number of hydrogen-bond acceptors (Lipinski definition) is 3. The molecule has 4 rings (SSSR count). The van der Waals surface area contributed by atoms with Crippen LogP contribution in [0.25, 0.3) is 0 Å². The summed E-state index contributed by atoms with van der Waals surface area (Å²) in [5.41, 5.74) is 4.43. The molecule has 132 valence electrons. The molecule has 1 N–H and O–H groups in total. The van der Waals surface area contributed by atoms with Crippen molar-refractivity contribution in [1.82, 2.24) is 15.1 Å². The fraction of sp³-hybridized carbons (Fsp3) is 0.450. The quantitative estimate of drug-likeness (QED) is 0.679. The molecule has 0 bridgehead atoms. The molecule has 0 radical (unpaired) electrons. The van der Waals surface area contributed by atoms with Gasteiger partial charge in [0.15, 0.2) is 5.96 Å². The van der Waals surface area contributed by atoms with Gasteiger partial charge in [0, 0.05) is 51.2 Å². The molecule has 1 aromatic heterocycles. The molecule has 0 aliphatic carbocycles. The average Bonchev–Trinajstić information content (AvgIpc) is 3.13. The van der Waals surface area contributed by atoms with Crippen molar-refractivity contribution in [2.24, 2.45) is 4.99 Å². The van der Waals surface area contributed by atoms with E-state index in [1.54, 1.807) is 4.88 Å². The number of benzene rings is 1. The van der Waals surface area contributed by atoms with E-state index < -0.39 is 0 Å². The highest BCUT2D eigenvalue weighted by atomic mass is 32.1. The van der Waals surface area contributed by atoms with Crippen molar-refractivity contribution in [2.45, 2.75) is 25.9 Å². The molecular weight excluding hydrogens is 328 g/mol. The SMILES string of the molecule is CN=C(NCCN1CCc2sccc2C1)N1CCc2ccccc2C1. The van der Waals surface area contributed by atoms with E-state index in [-0.39, 0.29) is 0 Å². The maximum atomic E-state index is 4.51. The van der Waals surface area contributed by atoms with Crippen LogP contribution in [0.2, 0.25) is 0 Å². The molecule has 4 nitrogen and oxygen atoms in total. The van der Waals surface area contributed by atoms with E-state index in [2.05, 4.69) is 55.8 Å². The Morgan fingerprint density at radius 3 is 2.84 bits per heavy atom. The summed E-state index contributed by atoms with van der Waals surface area (Å²) < 4.78 is 0. The first kappa shape index (κ1) is 16.6. The Bertz CT molecular complexity index is 752. The van der Waals surface area contributed by atoms with Crippen LogP contribution in [0.4, 0.5) is 0 Å². The lowest BCUT2D eigenvalue weighted by Gasteiger charge is -2.32. The zero-order valence-corrected chi connectivity index (χ0v) is 15.7. The maximum absolute atomic E-state index is 4.51. The van der Waals surface area contributed by atoms with Crippen LogP contribution in [0.3, 0.4) is 0 Å². The summed E-state index contributed by atoms with van der Waals surface area (Å²) in [6, 6.07) is 11.0. The van der Waals surface area contributed by atoms with Gasteiger partial charge < -0.3 is 10.2 Å². The third kappa shape index (κ3) is 3.72. The first-order chi connectivity index (χ1) is 12.3. The lowest BCUT2D eigenvalue weighted by atomic mass is 10.0. The van der Waals surface area contributed by atoms with E-state index in [9.17, 15) is 0 Å². The zero-order chi connectivity index (χ0) is 17.1. The van der Waals surface area contributed by atoms with Crippen molar-refractivity contribution in [1.29, 1.82) is 0 Å². The van der Waals surface area contributed by atoms with Gasteiger partial charge in [-0.2, -0.15) is 0 Å². The van der Waals surface area contributed by atoms with Crippen LogP contribution >= 0.6 is 11.3 Å². The monoisotopic (exact) mass is 354 g/mol. The molecule has 0 saturated heterocycles. The zero-order valence-electron chi connectivity index (χ0n) is 14.9. The second-order valence-electron chi connectivity index (χ2n) is 6.81. The molecule has 2 aliphatic heterocycles. The molecule has 0 atom stereocenters. The van der Waals surface area contributed by atoms with Gasteiger partial charge >= 0.3 is 0 Å². The largest absolute Gasteiger partial charge is 0.355 e. The number of thiophene rings is 1.